The summed E-state index contributed by atoms with van der Waals surface area (Å²) in [5.74, 6) is 2.02. The first-order chi connectivity index (χ1) is 9.22. The third-order valence-electron chi connectivity index (χ3n) is 2.79. The predicted molar refractivity (Wildman–Crippen MR) is 70.8 cm³/mol. The molecule has 0 unspecified atom stereocenters. The van der Waals surface area contributed by atoms with E-state index in [0.29, 0.717) is 23.3 Å². The fourth-order valence-corrected chi connectivity index (χ4v) is 1.88. The molecule has 96 valence electrons. The lowest BCUT2D eigenvalue weighted by atomic mass is 10.2. The number of benzene rings is 1. The van der Waals surface area contributed by atoms with Crippen molar-refractivity contribution in [2.45, 2.75) is 13.5 Å². The van der Waals surface area contributed by atoms with Gasteiger partial charge >= 0.3 is 0 Å². The molecule has 0 aliphatic carbocycles. The Balaban J connectivity index is 1.83. The van der Waals surface area contributed by atoms with Crippen molar-refractivity contribution < 1.29 is 4.52 Å². The molecule has 3 aromatic rings. The first-order valence-electron chi connectivity index (χ1n) is 5.78. The van der Waals surface area contributed by atoms with E-state index in [0.717, 1.165) is 11.4 Å². The van der Waals surface area contributed by atoms with Gasteiger partial charge in [-0.2, -0.15) is 4.98 Å². The van der Waals surface area contributed by atoms with Crippen molar-refractivity contribution in [2.75, 3.05) is 0 Å². The molecule has 6 heteroatoms. The van der Waals surface area contributed by atoms with E-state index < -0.39 is 0 Å². The fourth-order valence-electron chi connectivity index (χ4n) is 1.75. The SMILES string of the molecule is Cc1nccn1Cc1noc(-c2ccc(Cl)cc2)n1. The Bertz CT molecular complexity index is 687. The van der Waals surface area contributed by atoms with Crippen LogP contribution in [0.25, 0.3) is 11.5 Å². The fraction of sp³-hybridized carbons (Fsp3) is 0.154. The molecule has 0 radical (unpaired) electrons. The van der Waals surface area contributed by atoms with E-state index in [1.165, 1.54) is 0 Å². The molecule has 1 aromatic carbocycles. The Kier molecular flexibility index (Phi) is 3.05. The standard InChI is InChI=1S/C13H11ClN4O/c1-9-15-6-7-18(9)8-12-16-13(19-17-12)10-2-4-11(14)5-3-10/h2-7H,8H2,1H3. The molecule has 5 nitrogen and oxygen atoms in total. The van der Waals surface area contributed by atoms with Gasteiger partial charge in [0.15, 0.2) is 5.82 Å². The molecule has 2 heterocycles. The van der Waals surface area contributed by atoms with Gasteiger partial charge in [-0.25, -0.2) is 4.98 Å². The molecule has 0 saturated heterocycles. The van der Waals surface area contributed by atoms with Gasteiger partial charge in [-0.3, -0.25) is 0 Å². The summed E-state index contributed by atoms with van der Waals surface area (Å²) < 4.78 is 7.20. The molecule has 0 fully saturated rings. The molecule has 19 heavy (non-hydrogen) atoms. The van der Waals surface area contributed by atoms with Gasteiger partial charge < -0.3 is 9.09 Å². The van der Waals surface area contributed by atoms with Crippen LogP contribution in [-0.2, 0) is 6.54 Å². The second-order valence-electron chi connectivity index (χ2n) is 4.13. The highest BCUT2D eigenvalue weighted by atomic mass is 35.5. The number of hydrogen-bond acceptors (Lipinski definition) is 4. The Labute approximate surface area is 114 Å². The minimum Gasteiger partial charge on any atom is -0.334 e. The van der Waals surface area contributed by atoms with Crippen molar-refractivity contribution in [1.82, 2.24) is 19.7 Å². The van der Waals surface area contributed by atoms with E-state index >= 15 is 0 Å². The quantitative estimate of drug-likeness (QED) is 0.737. The van der Waals surface area contributed by atoms with E-state index in [1.54, 1.807) is 18.3 Å². The molecule has 0 aliphatic heterocycles. The van der Waals surface area contributed by atoms with Crippen LogP contribution in [0.4, 0.5) is 0 Å². The van der Waals surface area contributed by atoms with Gasteiger partial charge in [0.05, 0.1) is 6.54 Å². The second kappa shape index (κ2) is 4.85. The minimum atomic E-state index is 0.490. The van der Waals surface area contributed by atoms with Crippen LogP contribution < -0.4 is 0 Å². The molecule has 0 N–H and O–H groups in total. The molecular weight excluding hydrogens is 264 g/mol. The Hall–Kier alpha value is -2.14. The summed E-state index contributed by atoms with van der Waals surface area (Å²) in [6.07, 6.45) is 3.63. The van der Waals surface area contributed by atoms with E-state index in [2.05, 4.69) is 15.1 Å². The summed E-state index contributed by atoms with van der Waals surface area (Å²) in [5.41, 5.74) is 0.852. The highest BCUT2D eigenvalue weighted by molar-refractivity contribution is 6.30. The van der Waals surface area contributed by atoms with Crippen molar-refractivity contribution >= 4 is 11.6 Å². The largest absolute Gasteiger partial charge is 0.334 e. The number of imidazole rings is 1. The van der Waals surface area contributed by atoms with E-state index in [4.69, 9.17) is 16.1 Å². The predicted octanol–water partition coefficient (Wildman–Crippen LogP) is 2.94. The van der Waals surface area contributed by atoms with Gasteiger partial charge in [0.25, 0.3) is 5.89 Å². The lowest BCUT2D eigenvalue weighted by Gasteiger charge is -1.98. The highest BCUT2D eigenvalue weighted by Crippen LogP contribution is 2.19. The average molecular weight is 275 g/mol. The third kappa shape index (κ3) is 2.51. The van der Waals surface area contributed by atoms with Gasteiger partial charge in [-0.15, -0.1) is 0 Å². The van der Waals surface area contributed by atoms with E-state index in [-0.39, 0.29) is 0 Å². The lowest BCUT2D eigenvalue weighted by Crippen LogP contribution is -2.02. The maximum Gasteiger partial charge on any atom is 0.257 e. The maximum atomic E-state index is 5.84. The molecule has 0 atom stereocenters. The summed E-state index contributed by atoms with van der Waals surface area (Å²) in [6.45, 7) is 2.48. The number of halogens is 1. The summed E-state index contributed by atoms with van der Waals surface area (Å²) in [7, 11) is 0. The molecule has 2 aromatic heterocycles. The van der Waals surface area contributed by atoms with Crippen LogP contribution in [-0.4, -0.2) is 19.7 Å². The first-order valence-corrected chi connectivity index (χ1v) is 6.16. The average Bonchev–Trinajstić information content (AvgIpc) is 3.01. The third-order valence-corrected chi connectivity index (χ3v) is 3.05. The Morgan fingerprint density at radius 1 is 1.26 bits per heavy atom. The number of nitrogens with zero attached hydrogens (tertiary/aromatic N) is 4. The molecular formula is C13H11ClN4O. The first kappa shape index (κ1) is 11.9. The van der Waals surface area contributed by atoms with E-state index in [9.17, 15) is 0 Å². The molecule has 0 aliphatic rings. The Morgan fingerprint density at radius 3 is 2.74 bits per heavy atom. The van der Waals surface area contributed by atoms with Crippen LogP contribution in [0.2, 0.25) is 5.02 Å². The summed E-state index contributed by atoms with van der Waals surface area (Å²) in [5, 5.41) is 4.64. The summed E-state index contributed by atoms with van der Waals surface area (Å²) in [4.78, 5) is 8.51. The Morgan fingerprint density at radius 2 is 2.05 bits per heavy atom. The van der Waals surface area contributed by atoms with Gasteiger partial charge in [-0.1, -0.05) is 16.8 Å². The van der Waals surface area contributed by atoms with Crippen LogP contribution in [0.3, 0.4) is 0 Å². The zero-order valence-corrected chi connectivity index (χ0v) is 11.0. The molecule has 0 saturated carbocycles. The monoisotopic (exact) mass is 274 g/mol. The summed E-state index contributed by atoms with van der Waals surface area (Å²) in [6, 6.07) is 7.28. The topological polar surface area (TPSA) is 56.7 Å². The molecule has 0 amide bonds. The number of aryl methyl sites for hydroxylation is 1. The smallest absolute Gasteiger partial charge is 0.257 e. The van der Waals surface area contributed by atoms with Crippen molar-refractivity contribution in [3.8, 4) is 11.5 Å². The van der Waals surface area contributed by atoms with Crippen LogP contribution >= 0.6 is 11.6 Å². The highest BCUT2D eigenvalue weighted by Gasteiger charge is 2.09. The van der Waals surface area contributed by atoms with Crippen molar-refractivity contribution in [1.29, 1.82) is 0 Å². The number of hydrogen-bond donors (Lipinski definition) is 0. The molecule has 0 bridgehead atoms. The number of rotatable bonds is 3. The summed E-state index contributed by atoms with van der Waals surface area (Å²) >= 11 is 5.84. The molecule has 3 rings (SSSR count). The van der Waals surface area contributed by atoms with Gasteiger partial charge in [0.1, 0.15) is 5.82 Å². The van der Waals surface area contributed by atoms with Crippen LogP contribution in [0, 0.1) is 6.92 Å². The van der Waals surface area contributed by atoms with Crippen molar-refractivity contribution in [2.24, 2.45) is 0 Å². The van der Waals surface area contributed by atoms with Crippen LogP contribution in [0.5, 0.6) is 0 Å². The van der Waals surface area contributed by atoms with Gasteiger partial charge in [-0.05, 0) is 31.2 Å². The number of aromatic nitrogens is 4. The van der Waals surface area contributed by atoms with Crippen LogP contribution in [0.1, 0.15) is 11.6 Å². The zero-order valence-electron chi connectivity index (χ0n) is 10.2. The van der Waals surface area contributed by atoms with Crippen molar-refractivity contribution in [3.63, 3.8) is 0 Å². The van der Waals surface area contributed by atoms with Gasteiger partial charge in [0.2, 0.25) is 0 Å². The maximum absolute atomic E-state index is 5.84. The molecule has 0 spiro atoms. The lowest BCUT2D eigenvalue weighted by molar-refractivity contribution is 0.420. The zero-order chi connectivity index (χ0) is 13.2. The normalized spacial score (nSPS) is 10.8. The van der Waals surface area contributed by atoms with E-state index in [1.807, 2.05) is 29.8 Å². The van der Waals surface area contributed by atoms with Gasteiger partial charge in [0, 0.05) is 23.0 Å². The second-order valence-corrected chi connectivity index (χ2v) is 4.56. The van der Waals surface area contributed by atoms with Crippen LogP contribution in [0.15, 0.2) is 41.2 Å². The van der Waals surface area contributed by atoms with Crippen molar-refractivity contribution in [3.05, 3.63) is 53.3 Å². The minimum absolute atomic E-state index is 0.490.